The zero-order valence-electron chi connectivity index (χ0n) is 16.8. The van der Waals surface area contributed by atoms with Crippen LogP contribution in [0.4, 0.5) is 10.1 Å². The average molecular weight is 494 g/mol. The molecule has 6 nitrogen and oxygen atoms in total. The second-order valence-corrected chi connectivity index (χ2v) is 9.41. The molecule has 0 aliphatic heterocycles. The van der Waals surface area contributed by atoms with E-state index in [4.69, 9.17) is 23.2 Å². The minimum Gasteiger partial charge on any atom is -0.271 e. The van der Waals surface area contributed by atoms with Crippen LogP contribution in [0.2, 0.25) is 10.0 Å². The van der Waals surface area contributed by atoms with Crippen molar-refractivity contribution in [1.82, 2.24) is 5.43 Å². The van der Waals surface area contributed by atoms with Gasteiger partial charge in [0.2, 0.25) is 0 Å². The molecule has 1 N–H and O–H groups in total. The van der Waals surface area contributed by atoms with Crippen LogP contribution in [-0.4, -0.2) is 27.1 Å². The number of hydrazone groups is 1. The summed E-state index contributed by atoms with van der Waals surface area (Å²) < 4.78 is 40.7. The number of carbonyl (C=O) groups is 1. The van der Waals surface area contributed by atoms with E-state index in [2.05, 4.69) is 10.5 Å². The van der Waals surface area contributed by atoms with Crippen molar-refractivity contribution in [3.8, 4) is 0 Å². The van der Waals surface area contributed by atoms with E-state index in [-0.39, 0.29) is 10.6 Å². The normalized spacial score (nSPS) is 11.5. The third kappa shape index (κ3) is 5.64. The maximum atomic E-state index is 13.4. The number of amides is 1. The lowest BCUT2D eigenvalue weighted by molar-refractivity contribution is -0.119. The Bertz CT molecular complexity index is 1230. The summed E-state index contributed by atoms with van der Waals surface area (Å²) in [5.74, 6) is -1.25. The third-order valence-electron chi connectivity index (χ3n) is 4.39. The number of sulfonamides is 1. The van der Waals surface area contributed by atoms with Gasteiger partial charge in [0.15, 0.2) is 0 Å². The molecule has 0 saturated heterocycles. The van der Waals surface area contributed by atoms with Gasteiger partial charge in [0.05, 0.1) is 26.8 Å². The van der Waals surface area contributed by atoms with Crippen molar-refractivity contribution in [2.24, 2.45) is 5.10 Å². The van der Waals surface area contributed by atoms with Crippen molar-refractivity contribution in [2.75, 3.05) is 10.8 Å². The molecule has 0 unspecified atom stereocenters. The molecule has 0 heterocycles. The topological polar surface area (TPSA) is 78.8 Å². The summed E-state index contributed by atoms with van der Waals surface area (Å²) in [6.07, 6.45) is 1.26. The number of halogens is 3. The first-order valence-corrected chi connectivity index (χ1v) is 11.5. The molecule has 0 spiro atoms. The first kappa shape index (κ1) is 23.7. The van der Waals surface area contributed by atoms with Gasteiger partial charge in [-0.05, 0) is 55.5 Å². The quantitative estimate of drug-likeness (QED) is 0.379. The lowest BCUT2D eigenvalue weighted by Crippen LogP contribution is -2.39. The molecular formula is C22H18Cl2FN3O3S. The van der Waals surface area contributed by atoms with Gasteiger partial charge in [-0.3, -0.25) is 9.10 Å². The molecule has 3 rings (SSSR count). The molecule has 0 atom stereocenters. The van der Waals surface area contributed by atoms with E-state index in [0.29, 0.717) is 15.6 Å². The third-order valence-corrected chi connectivity index (χ3v) is 6.84. The Morgan fingerprint density at radius 3 is 2.22 bits per heavy atom. The molecular weight excluding hydrogens is 476 g/mol. The van der Waals surface area contributed by atoms with Gasteiger partial charge in [0.25, 0.3) is 15.9 Å². The highest BCUT2D eigenvalue weighted by Gasteiger charge is 2.27. The van der Waals surface area contributed by atoms with Crippen LogP contribution in [0.3, 0.4) is 0 Å². The molecule has 0 aliphatic rings. The van der Waals surface area contributed by atoms with Crippen molar-refractivity contribution < 1.29 is 17.6 Å². The summed E-state index contributed by atoms with van der Waals surface area (Å²) >= 11 is 12.1. The number of nitrogens with zero attached hydrogens (tertiary/aromatic N) is 2. The van der Waals surface area contributed by atoms with E-state index in [0.717, 1.165) is 22.0 Å². The molecule has 166 valence electrons. The summed E-state index contributed by atoms with van der Waals surface area (Å²) in [4.78, 5) is 12.5. The summed E-state index contributed by atoms with van der Waals surface area (Å²) in [6, 6.07) is 15.8. The number of aryl methyl sites for hydroxylation is 1. The first-order valence-electron chi connectivity index (χ1n) is 9.29. The monoisotopic (exact) mass is 493 g/mol. The molecule has 10 heteroatoms. The largest absolute Gasteiger partial charge is 0.271 e. The molecule has 0 bridgehead atoms. The predicted octanol–water partition coefficient (Wildman–Crippen LogP) is 4.79. The van der Waals surface area contributed by atoms with Gasteiger partial charge in [-0.2, -0.15) is 5.10 Å². The van der Waals surface area contributed by atoms with Gasteiger partial charge in [-0.1, -0.05) is 47.0 Å². The van der Waals surface area contributed by atoms with Crippen molar-refractivity contribution in [3.63, 3.8) is 0 Å². The Morgan fingerprint density at radius 2 is 1.62 bits per heavy atom. The zero-order chi connectivity index (χ0) is 23.3. The lowest BCUT2D eigenvalue weighted by Gasteiger charge is -2.23. The number of hydrogen-bond acceptors (Lipinski definition) is 4. The maximum Gasteiger partial charge on any atom is 0.264 e. The van der Waals surface area contributed by atoms with Crippen LogP contribution in [0.5, 0.6) is 0 Å². The van der Waals surface area contributed by atoms with E-state index in [1.54, 1.807) is 30.3 Å². The van der Waals surface area contributed by atoms with Crippen LogP contribution in [0.15, 0.2) is 76.7 Å². The average Bonchev–Trinajstić information content (AvgIpc) is 2.75. The summed E-state index contributed by atoms with van der Waals surface area (Å²) in [7, 11) is -4.11. The second kappa shape index (κ2) is 10.1. The Kier molecular flexibility index (Phi) is 7.50. The number of anilines is 1. The number of hydrogen-bond donors (Lipinski definition) is 1. The van der Waals surface area contributed by atoms with Gasteiger partial charge in [0, 0.05) is 5.56 Å². The second-order valence-electron chi connectivity index (χ2n) is 6.73. The van der Waals surface area contributed by atoms with E-state index in [1.165, 1.54) is 30.5 Å². The van der Waals surface area contributed by atoms with Gasteiger partial charge in [-0.25, -0.2) is 18.2 Å². The number of carbonyl (C=O) groups excluding carboxylic acids is 1. The van der Waals surface area contributed by atoms with Crippen molar-refractivity contribution in [2.45, 2.75) is 11.8 Å². The fourth-order valence-electron chi connectivity index (χ4n) is 2.73. The van der Waals surface area contributed by atoms with E-state index < -0.39 is 28.3 Å². The minimum absolute atomic E-state index is 0.00780. The Morgan fingerprint density at radius 1 is 1.03 bits per heavy atom. The molecule has 0 radical (unpaired) electrons. The highest BCUT2D eigenvalue weighted by molar-refractivity contribution is 7.92. The van der Waals surface area contributed by atoms with Crippen LogP contribution < -0.4 is 9.73 Å². The predicted molar refractivity (Wildman–Crippen MR) is 124 cm³/mol. The number of benzene rings is 3. The molecule has 0 fully saturated rings. The van der Waals surface area contributed by atoms with Crippen molar-refractivity contribution >= 4 is 51.0 Å². The van der Waals surface area contributed by atoms with Crippen LogP contribution >= 0.6 is 23.2 Å². The Labute approximate surface area is 195 Å². The van der Waals surface area contributed by atoms with Crippen LogP contribution in [0, 0.1) is 12.7 Å². The maximum absolute atomic E-state index is 13.4. The molecule has 1 amide bonds. The first-order chi connectivity index (χ1) is 15.2. The highest BCUT2D eigenvalue weighted by atomic mass is 35.5. The SMILES string of the molecule is Cc1ccc(S(=O)(=O)N(CC(=O)N/N=C\c2c(Cl)cccc2Cl)c2ccc(F)cc2)cc1. The Balaban J connectivity index is 1.85. The highest BCUT2D eigenvalue weighted by Crippen LogP contribution is 2.24. The molecule has 0 aliphatic carbocycles. The summed E-state index contributed by atoms with van der Waals surface area (Å²) in [6.45, 7) is 1.24. The standard InChI is InChI=1S/C22H18Cl2FN3O3S/c1-15-5-11-18(12-6-15)32(30,31)28(17-9-7-16(25)8-10-17)14-22(29)27-26-13-19-20(23)3-2-4-21(19)24/h2-13H,14H2,1H3,(H,27,29)/b26-13-. The van der Waals surface area contributed by atoms with Crippen molar-refractivity contribution in [3.05, 3.63) is 93.7 Å². The number of nitrogens with one attached hydrogen (secondary N) is 1. The van der Waals surface area contributed by atoms with E-state index >= 15 is 0 Å². The smallest absolute Gasteiger partial charge is 0.264 e. The molecule has 0 saturated carbocycles. The molecule has 0 aromatic heterocycles. The summed E-state index contributed by atoms with van der Waals surface area (Å²) in [5, 5.41) is 4.49. The lowest BCUT2D eigenvalue weighted by atomic mass is 10.2. The zero-order valence-corrected chi connectivity index (χ0v) is 19.1. The van der Waals surface area contributed by atoms with E-state index in [1.807, 2.05) is 6.92 Å². The summed E-state index contributed by atoms with van der Waals surface area (Å²) in [5.41, 5.74) is 3.67. The van der Waals surface area contributed by atoms with Crippen molar-refractivity contribution in [1.29, 1.82) is 0 Å². The Hall–Kier alpha value is -2.94. The molecule has 3 aromatic carbocycles. The fourth-order valence-corrected chi connectivity index (χ4v) is 4.64. The van der Waals surface area contributed by atoms with Gasteiger partial charge >= 0.3 is 0 Å². The van der Waals surface area contributed by atoms with Crippen LogP contribution in [0.25, 0.3) is 0 Å². The number of rotatable bonds is 7. The van der Waals surface area contributed by atoms with Gasteiger partial charge in [-0.15, -0.1) is 0 Å². The van der Waals surface area contributed by atoms with Crippen LogP contribution in [0.1, 0.15) is 11.1 Å². The van der Waals surface area contributed by atoms with Crippen LogP contribution in [-0.2, 0) is 14.8 Å². The molecule has 32 heavy (non-hydrogen) atoms. The molecule has 3 aromatic rings. The minimum atomic E-state index is -4.11. The van der Waals surface area contributed by atoms with E-state index in [9.17, 15) is 17.6 Å². The van der Waals surface area contributed by atoms with Gasteiger partial charge in [0.1, 0.15) is 12.4 Å². The fraction of sp³-hybridized carbons (Fsp3) is 0.0909. The van der Waals surface area contributed by atoms with Gasteiger partial charge < -0.3 is 0 Å².